The Kier molecular flexibility index (Phi) is 7.58. The lowest BCUT2D eigenvalue weighted by molar-refractivity contribution is -0.128. The summed E-state index contributed by atoms with van der Waals surface area (Å²) in [5, 5.41) is 3.42. The number of nitrogens with one attached hydrogen (secondary N) is 1. The Hall–Kier alpha value is -2.29. The zero-order chi connectivity index (χ0) is 21.7. The van der Waals surface area contributed by atoms with Crippen molar-refractivity contribution in [3.63, 3.8) is 0 Å². The number of benzene rings is 2. The monoisotopic (exact) mass is 446 g/mol. The van der Waals surface area contributed by atoms with Crippen LogP contribution in [0.5, 0.6) is 11.5 Å². The van der Waals surface area contributed by atoms with Crippen LogP contribution in [0.2, 0.25) is 0 Å². The second-order valence-corrected chi connectivity index (χ2v) is 8.97. The maximum Gasteiger partial charge on any atom is 0.259 e. The summed E-state index contributed by atoms with van der Waals surface area (Å²) in [6.07, 6.45) is 1.31. The molecule has 0 saturated carbocycles. The van der Waals surface area contributed by atoms with Crippen molar-refractivity contribution in [1.82, 2.24) is 4.98 Å². The van der Waals surface area contributed by atoms with Crippen molar-refractivity contribution < 1.29 is 19.0 Å². The molecule has 1 N–H and O–H groups in total. The molecule has 1 amide bonds. The summed E-state index contributed by atoms with van der Waals surface area (Å²) in [6.45, 7) is 4.59. The van der Waals surface area contributed by atoms with E-state index in [9.17, 15) is 4.79 Å². The number of amides is 1. The van der Waals surface area contributed by atoms with Gasteiger partial charge in [-0.15, -0.1) is 11.8 Å². The first kappa shape index (κ1) is 22.4. The third kappa shape index (κ3) is 5.24. The molecular weight excluding hydrogens is 420 g/mol. The summed E-state index contributed by atoms with van der Waals surface area (Å²) in [5.41, 5.74) is 1.55. The average Bonchev–Trinajstić information content (AvgIpc) is 3.13. The van der Waals surface area contributed by atoms with Crippen LogP contribution in [0.25, 0.3) is 10.2 Å². The molecular formula is C22H26N2O4S2. The normalized spacial score (nSPS) is 12.2. The third-order valence-corrected chi connectivity index (χ3v) is 6.05. The van der Waals surface area contributed by atoms with Crippen LogP contribution in [0, 0.1) is 5.92 Å². The number of nitrogens with zero attached hydrogens (tertiary/aromatic N) is 1. The number of anilines is 1. The minimum Gasteiger partial charge on any atom is -0.493 e. The van der Waals surface area contributed by atoms with E-state index in [1.165, 1.54) is 11.3 Å². The highest BCUT2D eigenvalue weighted by Gasteiger charge is 2.23. The van der Waals surface area contributed by atoms with Gasteiger partial charge < -0.3 is 14.2 Å². The van der Waals surface area contributed by atoms with Crippen LogP contribution in [0.3, 0.4) is 0 Å². The Morgan fingerprint density at radius 1 is 1.13 bits per heavy atom. The Morgan fingerprint density at radius 2 is 1.80 bits per heavy atom. The first-order valence-corrected chi connectivity index (χ1v) is 11.6. The van der Waals surface area contributed by atoms with E-state index in [0.29, 0.717) is 29.2 Å². The van der Waals surface area contributed by atoms with E-state index in [1.807, 2.05) is 36.6 Å². The van der Waals surface area contributed by atoms with E-state index in [2.05, 4.69) is 24.1 Å². The van der Waals surface area contributed by atoms with Crippen LogP contribution < -0.4 is 14.8 Å². The van der Waals surface area contributed by atoms with Crippen molar-refractivity contribution in [2.45, 2.75) is 24.8 Å². The molecule has 160 valence electrons. The number of rotatable bonds is 9. The van der Waals surface area contributed by atoms with E-state index in [-0.39, 0.29) is 5.91 Å². The molecule has 1 heterocycles. The summed E-state index contributed by atoms with van der Waals surface area (Å²) in [4.78, 5) is 18.7. The van der Waals surface area contributed by atoms with Gasteiger partial charge in [0.15, 0.2) is 22.7 Å². The number of aromatic nitrogens is 1. The van der Waals surface area contributed by atoms with Crippen LogP contribution in [0.4, 0.5) is 5.13 Å². The molecule has 0 radical (unpaired) electrons. The van der Waals surface area contributed by atoms with Gasteiger partial charge in [0, 0.05) is 17.0 Å². The summed E-state index contributed by atoms with van der Waals surface area (Å²) >= 11 is 3.04. The second-order valence-electron chi connectivity index (χ2n) is 7.06. The van der Waals surface area contributed by atoms with Gasteiger partial charge in [0.05, 0.1) is 31.0 Å². The fraction of sp³-hybridized carbons (Fsp3) is 0.364. The number of thioether (sulfide) groups is 1. The summed E-state index contributed by atoms with van der Waals surface area (Å²) in [7, 11) is 3.17. The van der Waals surface area contributed by atoms with Crippen molar-refractivity contribution in [2.75, 3.05) is 32.4 Å². The standard InChI is InChI=1S/C22H26N2O4S2/c1-13(2)12-28-20(14-6-8-15(29-5)9-7-14)21(25)24-22-23-16-10-17(26-3)18(27-4)11-19(16)30-22/h6-11,13,20H,12H2,1-5H3,(H,23,24,25). The predicted octanol–water partition coefficient (Wildman–Crippen LogP) is 5.39. The topological polar surface area (TPSA) is 69.7 Å². The smallest absolute Gasteiger partial charge is 0.259 e. The summed E-state index contributed by atoms with van der Waals surface area (Å²) in [5.74, 6) is 1.29. The van der Waals surface area contributed by atoms with Crippen molar-refractivity contribution in [3.8, 4) is 11.5 Å². The van der Waals surface area contributed by atoms with Crippen molar-refractivity contribution in [3.05, 3.63) is 42.0 Å². The number of hydrogen-bond donors (Lipinski definition) is 1. The number of hydrogen-bond acceptors (Lipinski definition) is 7. The van der Waals surface area contributed by atoms with E-state index < -0.39 is 6.10 Å². The predicted molar refractivity (Wildman–Crippen MR) is 123 cm³/mol. The number of carbonyl (C=O) groups excluding carboxylic acids is 1. The molecule has 3 rings (SSSR count). The Labute approximate surface area is 184 Å². The molecule has 3 aromatic rings. The molecule has 1 atom stereocenters. The van der Waals surface area contributed by atoms with E-state index in [1.54, 1.807) is 32.0 Å². The lowest BCUT2D eigenvalue weighted by Gasteiger charge is -2.19. The lowest BCUT2D eigenvalue weighted by Crippen LogP contribution is -2.24. The molecule has 0 spiro atoms. The molecule has 8 heteroatoms. The molecule has 30 heavy (non-hydrogen) atoms. The van der Waals surface area contributed by atoms with E-state index >= 15 is 0 Å². The SMILES string of the molecule is COc1cc2nc(NC(=O)C(OCC(C)C)c3ccc(SC)cc3)sc2cc1OC. The maximum atomic E-state index is 13.1. The highest BCUT2D eigenvalue weighted by atomic mass is 32.2. The number of thiazole rings is 1. The van der Waals surface area contributed by atoms with Gasteiger partial charge in [-0.3, -0.25) is 10.1 Å². The molecule has 1 unspecified atom stereocenters. The van der Waals surface area contributed by atoms with Crippen LogP contribution in [0.15, 0.2) is 41.3 Å². The van der Waals surface area contributed by atoms with Gasteiger partial charge in [-0.1, -0.05) is 37.3 Å². The zero-order valence-electron chi connectivity index (χ0n) is 17.7. The molecule has 0 bridgehead atoms. The van der Waals surface area contributed by atoms with Gasteiger partial charge in [-0.05, 0) is 29.9 Å². The maximum absolute atomic E-state index is 13.1. The van der Waals surface area contributed by atoms with Gasteiger partial charge in [0.1, 0.15) is 0 Å². The summed E-state index contributed by atoms with van der Waals surface area (Å²) in [6, 6.07) is 11.5. The molecule has 0 saturated heterocycles. The van der Waals surface area contributed by atoms with Gasteiger partial charge in [0.2, 0.25) is 0 Å². The molecule has 0 aliphatic heterocycles. The highest BCUT2D eigenvalue weighted by Crippen LogP contribution is 2.36. The minimum absolute atomic E-state index is 0.245. The second kappa shape index (κ2) is 10.1. The quantitative estimate of drug-likeness (QED) is 0.445. The third-order valence-electron chi connectivity index (χ3n) is 4.38. The Balaban J connectivity index is 1.85. The van der Waals surface area contributed by atoms with Crippen LogP contribution in [0.1, 0.15) is 25.5 Å². The van der Waals surface area contributed by atoms with Crippen molar-refractivity contribution >= 4 is 44.4 Å². The largest absolute Gasteiger partial charge is 0.493 e. The molecule has 2 aromatic carbocycles. The first-order valence-electron chi connectivity index (χ1n) is 9.54. The van der Waals surface area contributed by atoms with Crippen LogP contribution in [-0.4, -0.2) is 38.0 Å². The van der Waals surface area contributed by atoms with E-state index in [4.69, 9.17) is 14.2 Å². The van der Waals surface area contributed by atoms with Crippen LogP contribution >= 0.6 is 23.1 Å². The van der Waals surface area contributed by atoms with E-state index in [0.717, 1.165) is 20.7 Å². The molecule has 0 aliphatic carbocycles. The molecule has 0 fully saturated rings. The molecule has 1 aromatic heterocycles. The molecule has 6 nitrogen and oxygen atoms in total. The van der Waals surface area contributed by atoms with Crippen molar-refractivity contribution in [1.29, 1.82) is 0 Å². The summed E-state index contributed by atoms with van der Waals surface area (Å²) < 4.78 is 17.5. The van der Waals surface area contributed by atoms with Gasteiger partial charge >= 0.3 is 0 Å². The van der Waals surface area contributed by atoms with Crippen molar-refractivity contribution in [2.24, 2.45) is 5.92 Å². The Bertz CT molecular complexity index is 961. The lowest BCUT2D eigenvalue weighted by atomic mass is 10.1. The van der Waals surface area contributed by atoms with Gasteiger partial charge in [0.25, 0.3) is 5.91 Å². The molecule has 0 aliphatic rings. The average molecular weight is 447 g/mol. The first-order chi connectivity index (χ1) is 14.4. The fourth-order valence-corrected chi connectivity index (χ4v) is 4.16. The highest BCUT2D eigenvalue weighted by molar-refractivity contribution is 7.98. The van der Waals surface area contributed by atoms with Crippen LogP contribution in [-0.2, 0) is 9.53 Å². The number of methoxy groups -OCH3 is 2. The van der Waals surface area contributed by atoms with Gasteiger partial charge in [-0.25, -0.2) is 4.98 Å². The van der Waals surface area contributed by atoms with Gasteiger partial charge in [-0.2, -0.15) is 0 Å². The minimum atomic E-state index is -0.709. The number of fused-ring (bicyclic) bond motifs is 1. The Morgan fingerprint density at radius 3 is 2.40 bits per heavy atom. The number of ether oxygens (including phenoxy) is 3. The fourth-order valence-electron chi connectivity index (χ4n) is 2.87. The zero-order valence-corrected chi connectivity index (χ0v) is 19.4. The number of carbonyl (C=O) groups is 1.